The van der Waals surface area contributed by atoms with E-state index in [4.69, 9.17) is 11.6 Å². The number of aliphatic imine (C=N–C) groups is 3. The van der Waals surface area contributed by atoms with Crippen LogP contribution in [0.15, 0.2) is 45.6 Å². The van der Waals surface area contributed by atoms with Crippen molar-refractivity contribution in [1.82, 2.24) is 10.3 Å². The lowest BCUT2D eigenvalue weighted by molar-refractivity contribution is -0.110. The number of nitrogens with zero attached hydrogens (tertiary/aromatic N) is 4. The van der Waals surface area contributed by atoms with E-state index in [2.05, 4.69) is 37.2 Å². The van der Waals surface area contributed by atoms with E-state index >= 15 is 0 Å². The number of carbonyl (C=O) groups excluding carboxylic acids is 1. The summed E-state index contributed by atoms with van der Waals surface area (Å²) in [6, 6.07) is 3.21. The first kappa shape index (κ1) is 13.9. The summed E-state index contributed by atoms with van der Waals surface area (Å²) in [5.41, 5.74) is 0.938. The molecule has 2 heterocycles. The minimum Gasteiger partial charge on any atom is -0.335 e. The number of hydrogen-bond donors (Lipinski definition) is 2. The maximum Gasteiger partial charge on any atom is 0.291 e. The van der Waals surface area contributed by atoms with Crippen LogP contribution in [0.3, 0.4) is 0 Å². The number of carbonyl (C=O) groups is 1. The zero-order valence-electron chi connectivity index (χ0n) is 10.4. The highest BCUT2D eigenvalue weighted by atomic mass is 35.5. The van der Waals surface area contributed by atoms with Gasteiger partial charge < -0.3 is 10.6 Å². The smallest absolute Gasteiger partial charge is 0.291 e. The summed E-state index contributed by atoms with van der Waals surface area (Å²) >= 11 is 5.67. The second-order valence-electron chi connectivity index (χ2n) is 3.70. The molecule has 1 aromatic heterocycles. The molecule has 0 saturated heterocycles. The molecule has 2 N–H and O–H groups in total. The fourth-order valence-electron chi connectivity index (χ4n) is 1.31. The van der Waals surface area contributed by atoms with Crippen molar-refractivity contribution in [3.8, 4) is 0 Å². The second kappa shape index (κ2) is 6.58. The average Bonchev–Trinajstić information content (AvgIpc) is 2.53. The van der Waals surface area contributed by atoms with Crippen LogP contribution in [0.2, 0.25) is 5.15 Å². The molecule has 0 atom stereocenters. The van der Waals surface area contributed by atoms with Crippen molar-refractivity contribution in [2.75, 3.05) is 12.0 Å². The van der Waals surface area contributed by atoms with E-state index in [-0.39, 0.29) is 12.5 Å². The first-order valence-corrected chi connectivity index (χ1v) is 5.98. The number of amides is 1. The van der Waals surface area contributed by atoms with Gasteiger partial charge in [-0.15, -0.1) is 0 Å². The van der Waals surface area contributed by atoms with E-state index in [0.29, 0.717) is 16.5 Å². The van der Waals surface area contributed by atoms with Gasteiger partial charge in [0.05, 0.1) is 23.8 Å². The molecule has 2 rings (SSSR count). The Kier molecular flexibility index (Phi) is 4.56. The van der Waals surface area contributed by atoms with Gasteiger partial charge in [0, 0.05) is 0 Å². The van der Waals surface area contributed by atoms with Crippen LogP contribution in [0.1, 0.15) is 0 Å². The van der Waals surface area contributed by atoms with Crippen molar-refractivity contribution in [2.24, 2.45) is 15.0 Å². The van der Waals surface area contributed by atoms with Gasteiger partial charge in [0.2, 0.25) is 0 Å². The van der Waals surface area contributed by atoms with Crippen LogP contribution in [-0.4, -0.2) is 35.9 Å². The van der Waals surface area contributed by atoms with Crippen LogP contribution in [-0.2, 0) is 4.79 Å². The van der Waals surface area contributed by atoms with Gasteiger partial charge in [0.1, 0.15) is 18.2 Å². The Morgan fingerprint density at radius 1 is 1.45 bits per heavy atom. The fraction of sp³-hybridized carbons (Fsp3) is 0.0833. The molecule has 0 spiro atoms. The average molecular weight is 291 g/mol. The van der Waals surface area contributed by atoms with Crippen molar-refractivity contribution < 1.29 is 4.79 Å². The Balaban J connectivity index is 2.10. The van der Waals surface area contributed by atoms with Crippen LogP contribution in [0.5, 0.6) is 0 Å². The molecule has 1 aliphatic rings. The molecule has 0 saturated carbocycles. The molecular formula is C12H11ClN6O. The SMILES string of the molecule is C=C1/C=N\C=N/C/N=C(/C(=O)Nc2ccc(Cl)nc2)N1. The Labute approximate surface area is 120 Å². The standard InChI is InChI=1S/C12H11ClN6O/c1-8-4-14-6-15-7-17-11(18-8)12(20)19-9-2-3-10(13)16-5-9/h2-6H,1,7H2,(H,17,18)(H,19,20)/b14-4-,15-6-. The van der Waals surface area contributed by atoms with Crippen molar-refractivity contribution in [3.63, 3.8) is 0 Å². The highest BCUT2D eigenvalue weighted by Gasteiger charge is 2.12. The van der Waals surface area contributed by atoms with Crippen molar-refractivity contribution in [2.45, 2.75) is 0 Å². The number of anilines is 1. The first-order chi connectivity index (χ1) is 9.65. The van der Waals surface area contributed by atoms with Crippen molar-refractivity contribution in [3.05, 3.63) is 35.8 Å². The predicted molar refractivity (Wildman–Crippen MR) is 79.4 cm³/mol. The molecule has 8 heteroatoms. The third-order valence-electron chi connectivity index (χ3n) is 2.17. The lowest BCUT2D eigenvalue weighted by Crippen LogP contribution is -2.35. The molecular weight excluding hydrogens is 280 g/mol. The first-order valence-electron chi connectivity index (χ1n) is 5.60. The summed E-state index contributed by atoms with van der Waals surface area (Å²) in [6.45, 7) is 3.79. The van der Waals surface area contributed by atoms with Crippen LogP contribution in [0, 0.1) is 0 Å². The van der Waals surface area contributed by atoms with Gasteiger partial charge in [-0.05, 0) is 12.1 Å². The van der Waals surface area contributed by atoms with Gasteiger partial charge in [0.25, 0.3) is 5.91 Å². The lowest BCUT2D eigenvalue weighted by Gasteiger charge is -2.09. The fourth-order valence-corrected chi connectivity index (χ4v) is 1.42. The largest absolute Gasteiger partial charge is 0.335 e. The zero-order valence-corrected chi connectivity index (χ0v) is 11.1. The van der Waals surface area contributed by atoms with Gasteiger partial charge in [-0.3, -0.25) is 9.79 Å². The maximum absolute atomic E-state index is 12.1. The van der Waals surface area contributed by atoms with Crippen LogP contribution in [0.4, 0.5) is 5.69 Å². The van der Waals surface area contributed by atoms with Crippen LogP contribution >= 0.6 is 11.6 Å². The molecule has 0 aromatic carbocycles. The molecule has 0 bridgehead atoms. The van der Waals surface area contributed by atoms with Crippen molar-refractivity contribution >= 4 is 41.6 Å². The summed E-state index contributed by atoms with van der Waals surface area (Å²) in [5.74, 6) is -0.337. The summed E-state index contributed by atoms with van der Waals surface area (Å²) in [6.07, 6.45) is 4.24. The predicted octanol–water partition coefficient (Wildman–Crippen LogP) is 1.25. The van der Waals surface area contributed by atoms with Gasteiger partial charge in [0.15, 0.2) is 5.84 Å². The number of hydrogen-bond acceptors (Lipinski definition) is 6. The van der Waals surface area contributed by atoms with Crippen LogP contribution < -0.4 is 10.6 Å². The van der Waals surface area contributed by atoms with E-state index in [9.17, 15) is 4.79 Å². The third kappa shape index (κ3) is 3.99. The summed E-state index contributed by atoms with van der Waals surface area (Å²) in [4.78, 5) is 27.7. The number of allylic oxidation sites excluding steroid dienone is 1. The molecule has 7 nitrogen and oxygen atoms in total. The summed E-state index contributed by atoms with van der Waals surface area (Å²) < 4.78 is 0. The summed E-state index contributed by atoms with van der Waals surface area (Å²) in [5, 5.41) is 5.74. The highest BCUT2D eigenvalue weighted by Crippen LogP contribution is 2.09. The third-order valence-corrected chi connectivity index (χ3v) is 2.39. The number of pyridine rings is 1. The monoisotopic (exact) mass is 290 g/mol. The van der Waals surface area contributed by atoms with E-state index in [1.807, 2.05) is 0 Å². The topological polar surface area (TPSA) is 91.1 Å². The minimum absolute atomic E-state index is 0.0930. The van der Waals surface area contributed by atoms with Gasteiger partial charge in [-0.2, -0.15) is 0 Å². The maximum atomic E-state index is 12.1. The molecule has 0 unspecified atom stereocenters. The number of halogens is 1. The van der Waals surface area contributed by atoms with E-state index < -0.39 is 5.91 Å². The Morgan fingerprint density at radius 3 is 3.05 bits per heavy atom. The van der Waals surface area contributed by atoms with E-state index in [1.165, 1.54) is 18.7 Å². The molecule has 1 aromatic rings. The molecule has 0 fully saturated rings. The molecule has 1 amide bonds. The Morgan fingerprint density at radius 2 is 2.30 bits per heavy atom. The van der Waals surface area contributed by atoms with Crippen LogP contribution in [0.25, 0.3) is 0 Å². The number of aromatic nitrogens is 1. The molecule has 102 valence electrons. The summed E-state index contributed by atoms with van der Waals surface area (Å²) in [7, 11) is 0. The number of amidine groups is 1. The molecule has 0 aliphatic carbocycles. The Bertz CT molecular complexity index is 605. The van der Waals surface area contributed by atoms with Gasteiger partial charge in [-0.1, -0.05) is 18.2 Å². The Hall–Kier alpha value is -2.54. The van der Waals surface area contributed by atoms with E-state index in [1.54, 1.807) is 12.1 Å². The zero-order chi connectivity index (χ0) is 14.4. The molecule has 0 radical (unpaired) electrons. The lowest BCUT2D eigenvalue weighted by atomic mass is 10.4. The molecule has 1 aliphatic heterocycles. The van der Waals surface area contributed by atoms with Gasteiger partial charge >= 0.3 is 0 Å². The van der Waals surface area contributed by atoms with Crippen molar-refractivity contribution in [1.29, 1.82) is 0 Å². The quantitative estimate of drug-likeness (QED) is 0.803. The molecule has 20 heavy (non-hydrogen) atoms. The minimum atomic E-state index is -0.430. The number of rotatable bonds is 2. The number of nitrogens with one attached hydrogen (secondary N) is 2. The highest BCUT2D eigenvalue weighted by molar-refractivity contribution is 6.42. The van der Waals surface area contributed by atoms with Gasteiger partial charge in [-0.25, -0.2) is 15.0 Å². The normalized spacial score (nSPS) is 20.4. The van der Waals surface area contributed by atoms with E-state index in [0.717, 1.165) is 0 Å². The second-order valence-corrected chi connectivity index (χ2v) is 4.09.